The third-order valence-electron chi connectivity index (χ3n) is 2.46. The van der Waals surface area contributed by atoms with Crippen molar-refractivity contribution in [2.45, 2.75) is 0 Å². The molecule has 0 bridgehead atoms. The van der Waals surface area contributed by atoms with Crippen molar-refractivity contribution in [2.75, 3.05) is 0 Å². The largest absolute Gasteiger partial charge is 0.296 e. The topological polar surface area (TPSA) is 60.7 Å². The highest BCUT2D eigenvalue weighted by Crippen LogP contribution is 2.24. The summed E-state index contributed by atoms with van der Waals surface area (Å²) < 4.78 is 1.59. The Kier molecular flexibility index (Phi) is 2.70. The van der Waals surface area contributed by atoms with Crippen LogP contribution >= 0.6 is 11.3 Å². The number of benzene rings is 1. The first-order chi connectivity index (χ1) is 8.90. The van der Waals surface area contributed by atoms with Gasteiger partial charge in [0.2, 0.25) is 5.13 Å². The SMILES string of the molecule is O=Cc1nnn(-c2nccs2)c1-c1ccccc1. The molecule has 6 heteroatoms. The molecular weight excluding hydrogens is 248 g/mol. The van der Waals surface area contributed by atoms with Gasteiger partial charge in [0.1, 0.15) is 5.69 Å². The summed E-state index contributed by atoms with van der Waals surface area (Å²) in [5, 5.41) is 10.4. The number of hydrogen-bond acceptors (Lipinski definition) is 5. The fourth-order valence-corrected chi connectivity index (χ4v) is 2.29. The van der Waals surface area contributed by atoms with Crippen LogP contribution in [0.15, 0.2) is 41.9 Å². The summed E-state index contributed by atoms with van der Waals surface area (Å²) in [6.07, 6.45) is 2.40. The molecule has 0 aliphatic rings. The van der Waals surface area contributed by atoms with Crippen LogP contribution in [0, 0.1) is 0 Å². The van der Waals surface area contributed by atoms with Gasteiger partial charge in [-0.1, -0.05) is 35.5 Å². The minimum Gasteiger partial charge on any atom is -0.296 e. The van der Waals surface area contributed by atoms with E-state index in [1.54, 1.807) is 10.9 Å². The monoisotopic (exact) mass is 256 g/mol. The van der Waals surface area contributed by atoms with Crippen LogP contribution in [0.1, 0.15) is 10.5 Å². The zero-order valence-electron chi connectivity index (χ0n) is 9.22. The lowest BCUT2D eigenvalue weighted by molar-refractivity contribution is 0.111. The zero-order chi connectivity index (χ0) is 12.4. The molecule has 3 aromatic rings. The summed E-state index contributed by atoms with van der Waals surface area (Å²) in [6.45, 7) is 0. The number of carbonyl (C=O) groups excluding carboxylic acids is 1. The number of thiazole rings is 1. The second-order valence-electron chi connectivity index (χ2n) is 3.53. The Hall–Kier alpha value is -2.34. The normalized spacial score (nSPS) is 10.4. The molecule has 0 spiro atoms. The van der Waals surface area contributed by atoms with Crippen molar-refractivity contribution >= 4 is 17.6 Å². The van der Waals surface area contributed by atoms with E-state index >= 15 is 0 Å². The number of aromatic nitrogens is 4. The molecule has 0 aliphatic heterocycles. The summed E-state index contributed by atoms with van der Waals surface area (Å²) >= 11 is 1.44. The number of nitrogens with zero attached hydrogens (tertiary/aromatic N) is 4. The van der Waals surface area contributed by atoms with Gasteiger partial charge in [0.15, 0.2) is 12.0 Å². The van der Waals surface area contributed by atoms with Crippen LogP contribution in [-0.2, 0) is 0 Å². The summed E-state index contributed by atoms with van der Waals surface area (Å²) in [7, 11) is 0. The lowest BCUT2D eigenvalue weighted by Crippen LogP contribution is -1.99. The molecule has 0 unspecified atom stereocenters. The quantitative estimate of drug-likeness (QED) is 0.674. The third kappa shape index (κ3) is 1.72. The van der Waals surface area contributed by atoms with Crippen molar-refractivity contribution in [3.63, 3.8) is 0 Å². The summed E-state index contributed by atoms with van der Waals surface area (Å²) in [5.41, 5.74) is 1.87. The first kappa shape index (κ1) is 10.8. The second kappa shape index (κ2) is 4.50. The molecule has 1 aromatic carbocycles. The highest BCUT2D eigenvalue weighted by Gasteiger charge is 2.16. The average molecular weight is 256 g/mol. The Labute approximate surface area is 107 Å². The van der Waals surface area contributed by atoms with Crippen LogP contribution in [-0.4, -0.2) is 26.3 Å². The molecule has 0 N–H and O–H groups in total. The minimum absolute atomic E-state index is 0.316. The number of carbonyl (C=O) groups is 1. The van der Waals surface area contributed by atoms with E-state index in [1.807, 2.05) is 35.7 Å². The highest BCUT2D eigenvalue weighted by atomic mass is 32.1. The molecule has 0 fully saturated rings. The molecule has 0 aliphatic carbocycles. The van der Waals surface area contributed by atoms with Gasteiger partial charge in [0, 0.05) is 17.1 Å². The van der Waals surface area contributed by atoms with Crippen molar-refractivity contribution in [1.29, 1.82) is 0 Å². The van der Waals surface area contributed by atoms with Crippen molar-refractivity contribution < 1.29 is 4.79 Å². The van der Waals surface area contributed by atoms with E-state index in [4.69, 9.17) is 0 Å². The highest BCUT2D eigenvalue weighted by molar-refractivity contribution is 7.12. The van der Waals surface area contributed by atoms with E-state index in [0.29, 0.717) is 22.8 Å². The first-order valence-electron chi connectivity index (χ1n) is 5.26. The number of hydrogen-bond donors (Lipinski definition) is 0. The predicted molar refractivity (Wildman–Crippen MR) is 67.9 cm³/mol. The van der Waals surface area contributed by atoms with Crippen molar-refractivity contribution in [3.8, 4) is 16.4 Å². The van der Waals surface area contributed by atoms with E-state index in [1.165, 1.54) is 11.3 Å². The van der Waals surface area contributed by atoms with E-state index in [2.05, 4.69) is 15.3 Å². The smallest absolute Gasteiger partial charge is 0.212 e. The van der Waals surface area contributed by atoms with Crippen LogP contribution in [0.4, 0.5) is 0 Å². The summed E-state index contributed by atoms with van der Waals surface area (Å²) in [6, 6.07) is 9.55. The fraction of sp³-hybridized carbons (Fsp3) is 0. The van der Waals surface area contributed by atoms with Gasteiger partial charge < -0.3 is 0 Å². The van der Waals surface area contributed by atoms with Gasteiger partial charge in [0.25, 0.3) is 0 Å². The van der Waals surface area contributed by atoms with Crippen LogP contribution < -0.4 is 0 Å². The van der Waals surface area contributed by atoms with E-state index in [9.17, 15) is 4.79 Å². The van der Waals surface area contributed by atoms with Crippen LogP contribution in [0.2, 0.25) is 0 Å². The molecule has 5 nitrogen and oxygen atoms in total. The second-order valence-corrected chi connectivity index (χ2v) is 4.41. The molecule has 0 saturated heterocycles. The lowest BCUT2D eigenvalue weighted by Gasteiger charge is -2.03. The molecule has 88 valence electrons. The molecule has 0 atom stereocenters. The number of aldehydes is 1. The van der Waals surface area contributed by atoms with E-state index in [-0.39, 0.29) is 0 Å². The zero-order valence-corrected chi connectivity index (χ0v) is 10.0. The first-order valence-corrected chi connectivity index (χ1v) is 6.14. The number of rotatable bonds is 3. The molecule has 3 rings (SSSR count). The van der Waals surface area contributed by atoms with Crippen molar-refractivity contribution in [3.05, 3.63) is 47.6 Å². The van der Waals surface area contributed by atoms with Crippen molar-refractivity contribution in [1.82, 2.24) is 20.0 Å². The maximum absolute atomic E-state index is 11.1. The van der Waals surface area contributed by atoms with Gasteiger partial charge in [-0.2, -0.15) is 4.68 Å². The maximum Gasteiger partial charge on any atom is 0.212 e. The third-order valence-corrected chi connectivity index (χ3v) is 3.20. The van der Waals surface area contributed by atoms with Gasteiger partial charge in [-0.25, -0.2) is 4.98 Å². The standard InChI is InChI=1S/C12H8N4OS/c17-8-10-11(9-4-2-1-3-5-9)16(15-14-10)12-13-6-7-18-12/h1-8H. The fourth-order valence-electron chi connectivity index (χ4n) is 1.69. The van der Waals surface area contributed by atoms with Crippen LogP contribution in [0.25, 0.3) is 16.4 Å². The molecule has 18 heavy (non-hydrogen) atoms. The van der Waals surface area contributed by atoms with E-state index < -0.39 is 0 Å². The minimum atomic E-state index is 0.316. The van der Waals surface area contributed by atoms with Gasteiger partial charge in [-0.3, -0.25) is 4.79 Å². The van der Waals surface area contributed by atoms with Crippen LogP contribution in [0.5, 0.6) is 0 Å². The van der Waals surface area contributed by atoms with Gasteiger partial charge in [-0.15, -0.1) is 16.4 Å². The summed E-state index contributed by atoms with van der Waals surface area (Å²) in [5.74, 6) is 0. The Morgan fingerprint density at radius 3 is 2.72 bits per heavy atom. The predicted octanol–water partition coefficient (Wildman–Crippen LogP) is 2.20. The van der Waals surface area contributed by atoms with Gasteiger partial charge in [0.05, 0.1) is 0 Å². The van der Waals surface area contributed by atoms with Gasteiger partial charge >= 0.3 is 0 Å². The Morgan fingerprint density at radius 1 is 1.22 bits per heavy atom. The molecule has 0 radical (unpaired) electrons. The lowest BCUT2D eigenvalue weighted by atomic mass is 10.1. The van der Waals surface area contributed by atoms with Crippen molar-refractivity contribution in [2.24, 2.45) is 0 Å². The van der Waals surface area contributed by atoms with Crippen LogP contribution in [0.3, 0.4) is 0 Å². The molecule has 0 saturated carbocycles. The Bertz CT molecular complexity index is 661. The summed E-state index contributed by atoms with van der Waals surface area (Å²) in [4.78, 5) is 15.2. The Morgan fingerprint density at radius 2 is 2.06 bits per heavy atom. The molecule has 2 heterocycles. The maximum atomic E-state index is 11.1. The van der Waals surface area contributed by atoms with Gasteiger partial charge in [-0.05, 0) is 0 Å². The van der Waals surface area contributed by atoms with E-state index in [0.717, 1.165) is 5.56 Å². The Balaban J connectivity index is 2.23. The molecular formula is C12H8N4OS. The molecule has 2 aromatic heterocycles. The molecule has 0 amide bonds. The average Bonchev–Trinajstić information content (AvgIpc) is 3.08.